The van der Waals surface area contributed by atoms with Crippen LogP contribution < -0.4 is 5.32 Å². The lowest BCUT2D eigenvalue weighted by molar-refractivity contribution is -0.143. The molecule has 0 spiro atoms. The zero-order valence-electron chi connectivity index (χ0n) is 11.0. The van der Waals surface area contributed by atoms with Gasteiger partial charge in [0.25, 0.3) is 0 Å². The SMILES string of the molecule is CCC(NC1CC(C)CC(C)C1)C(=O)OC. The van der Waals surface area contributed by atoms with Crippen LogP contribution in [-0.2, 0) is 9.53 Å². The largest absolute Gasteiger partial charge is 0.468 e. The van der Waals surface area contributed by atoms with Gasteiger partial charge in [0.15, 0.2) is 0 Å². The molecule has 1 fully saturated rings. The van der Waals surface area contributed by atoms with Gasteiger partial charge in [0.05, 0.1) is 7.11 Å². The smallest absolute Gasteiger partial charge is 0.322 e. The van der Waals surface area contributed by atoms with Gasteiger partial charge in [-0.15, -0.1) is 0 Å². The zero-order chi connectivity index (χ0) is 12.1. The van der Waals surface area contributed by atoms with Crippen molar-refractivity contribution in [1.29, 1.82) is 0 Å². The van der Waals surface area contributed by atoms with Crippen LogP contribution in [0.4, 0.5) is 0 Å². The van der Waals surface area contributed by atoms with E-state index in [1.807, 2.05) is 6.92 Å². The van der Waals surface area contributed by atoms with Crippen molar-refractivity contribution in [3.8, 4) is 0 Å². The highest BCUT2D eigenvalue weighted by Crippen LogP contribution is 2.28. The fourth-order valence-electron chi connectivity index (χ4n) is 2.86. The van der Waals surface area contributed by atoms with Crippen LogP contribution in [0.1, 0.15) is 46.5 Å². The van der Waals surface area contributed by atoms with E-state index in [9.17, 15) is 4.79 Å². The molecule has 16 heavy (non-hydrogen) atoms. The maximum atomic E-state index is 11.5. The molecule has 0 saturated heterocycles. The maximum Gasteiger partial charge on any atom is 0.322 e. The predicted octanol–water partition coefficient (Wildman–Crippen LogP) is 2.35. The van der Waals surface area contributed by atoms with Crippen molar-refractivity contribution in [2.45, 2.75) is 58.5 Å². The maximum absolute atomic E-state index is 11.5. The lowest BCUT2D eigenvalue weighted by Gasteiger charge is -2.33. The first-order chi connectivity index (χ1) is 7.56. The van der Waals surface area contributed by atoms with E-state index >= 15 is 0 Å². The van der Waals surface area contributed by atoms with Gasteiger partial charge in [0.1, 0.15) is 6.04 Å². The van der Waals surface area contributed by atoms with Gasteiger partial charge in [-0.1, -0.05) is 20.8 Å². The van der Waals surface area contributed by atoms with Crippen molar-refractivity contribution in [2.75, 3.05) is 7.11 Å². The van der Waals surface area contributed by atoms with Gasteiger partial charge in [-0.2, -0.15) is 0 Å². The molecule has 0 radical (unpaired) electrons. The average molecular weight is 227 g/mol. The molecule has 0 aliphatic heterocycles. The summed E-state index contributed by atoms with van der Waals surface area (Å²) in [4.78, 5) is 11.5. The molecule has 3 unspecified atom stereocenters. The fraction of sp³-hybridized carbons (Fsp3) is 0.923. The van der Waals surface area contributed by atoms with Crippen molar-refractivity contribution in [3.05, 3.63) is 0 Å². The van der Waals surface area contributed by atoms with Crippen LogP contribution in [0.15, 0.2) is 0 Å². The summed E-state index contributed by atoms with van der Waals surface area (Å²) in [6.07, 6.45) is 4.47. The van der Waals surface area contributed by atoms with Crippen molar-refractivity contribution in [2.24, 2.45) is 11.8 Å². The van der Waals surface area contributed by atoms with E-state index < -0.39 is 0 Å². The number of carbonyl (C=O) groups excluding carboxylic acids is 1. The first-order valence-corrected chi connectivity index (χ1v) is 6.40. The second-order valence-electron chi connectivity index (χ2n) is 5.27. The highest BCUT2D eigenvalue weighted by atomic mass is 16.5. The fourth-order valence-corrected chi connectivity index (χ4v) is 2.86. The van der Waals surface area contributed by atoms with Crippen LogP contribution in [0.5, 0.6) is 0 Å². The Morgan fingerprint density at radius 1 is 1.31 bits per heavy atom. The lowest BCUT2D eigenvalue weighted by atomic mass is 9.80. The molecule has 1 aliphatic rings. The Labute approximate surface area is 98.9 Å². The minimum absolute atomic E-state index is 0.131. The molecule has 94 valence electrons. The van der Waals surface area contributed by atoms with Crippen LogP contribution in [0.3, 0.4) is 0 Å². The van der Waals surface area contributed by atoms with Crippen molar-refractivity contribution < 1.29 is 9.53 Å². The molecule has 3 heteroatoms. The number of hydrogen-bond donors (Lipinski definition) is 1. The summed E-state index contributed by atoms with van der Waals surface area (Å²) in [6.45, 7) is 6.61. The number of methoxy groups -OCH3 is 1. The summed E-state index contributed by atoms with van der Waals surface area (Å²) in [5, 5.41) is 3.44. The predicted molar refractivity (Wildman–Crippen MR) is 65.2 cm³/mol. The van der Waals surface area contributed by atoms with Gasteiger partial charge in [0.2, 0.25) is 0 Å². The molecule has 0 aromatic carbocycles. The summed E-state index contributed by atoms with van der Waals surface area (Å²) >= 11 is 0. The molecule has 0 aromatic heterocycles. The van der Waals surface area contributed by atoms with Crippen molar-refractivity contribution in [3.63, 3.8) is 0 Å². The van der Waals surface area contributed by atoms with E-state index in [4.69, 9.17) is 4.74 Å². The Morgan fingerprint density at radius 3 is 2.31 bits per heavy atom. The summed E-state index contributed by atoms with van der Waals surface area (Å²) in [5.41, 5.74) is 0. The van der Waals surface area contributed by atoms with Crippen LogP contribution in [0.25, 0.3) is 0 Å². The molecule has 0 heterocycles. The van der Waals surface area contributed by atoms with Crippen molar-refractivity contribution in [1.82, 2.24) is 5.32 Å². The number of esters is 1. The van der Waals surface area contributed by atoms with E-state index in [0.717, 1.165) is 18.3 Å². The minimum Gasteiger partial charge on any atom is -0.468 e. The molecular formula is C13H25NO2. The summed E-state index contributed by atoms with van der Waals surface area (Å²) in [5.74, 6) is 1.39. The number of hydrogen-bond acceptors (Lipinski definition) is 3. The first-order valence-electron chi connectivity index (χ1n) is 6.40. The molecule has 3 nitrogen and oxygen atoms in total. The molecule has 1 aliphatic carbocycles. The molecule has 3 atom stereocenters. The minimum atomic E-state index is -0.132. The standard InChI is InChI=1S/C13H25NO2/c1-5-12(13(15)16-4)14-11-7-9(2)6-10(3)8-11/h9-12,14H,5-8H2,1-4H3. The van der Waals surface area contributed by atoms with Gasteiger partial charge < -0.3 is 10.1 Å². The van der Waals surface area contributed by atoms with Crippen molar-refractivity contribution >= 4 is 5.97 Å². The van der Waals surface area contributed by atoms with E-state index in [-0.39, 0.29) is 12.0 Å². The van der Waals surface area contributed by atoms with Gasteiger partial charge in [-0.05, 0) is 37.5 Å². The quantitative estimate of drug-likeness (QED) is 0.749. The molecule has 1 rings (SSSR count). The average Bonchev–Trinajstić information content (AvgIpc) is 2.23. The van der Waals surface area contributed by atoms with Gasteiger partial charge in [-0.3, -0.25) is 4.79 Å². The number of carbonyl (C=O) groups is 1. The third-order valence-corrected chi connectivity index (χ3v) is 3.51. The molecular weight excluding hydrogens is 202 g/mol. The molecule has 1 N–H and O–H groups in total. The molecule has 0 amide bonds. The Balaban J connectivity index is 2.47. The molecule has 1 saturated carbocycles. The lowest BCUT2D eigenvalue weighted by Crippen LogP contribution is -2.46. The summed E-state index contributed by atoms with van der Waals surface area (Å²) < 4.78 is 4.80. The third kappa shape index (κ3) is 3.78. The highest BCUT2D eigenvalue weighted by Gasteiger charge is 2.27. The van der Waals surface area contributed by atoms with E-state index in [1.54, 1.807) is 0 Å². The third-order valence-electron chi connectivity index (χ3n) is 3.51. The van der Waals surface area contributed by atoms with E-state index in [1.165, 1.54) is 26.4 Å². The van der Waals surface area contributed by atoms with Gasteiger partial charge >= 0.3 is 5.97 Å². The number of rotatable bonds is 4. The second-order valence-corrected chi connectivity index (χ2v) is 5.27. The number of nitrogens with one attached hydrogen (secondary N) is 1. The molecule has 0 bridgehead atoms. The van der Waals surface area contributed by atoms with E-state index in [0.29, 0.717) is 6.04 Å². The monoisotopic (exact) mass is 227 g/mol. The first kappa shape index (κ1) is 13.5. The van der Waals surface area contributed by atoms with Crippen LogP contribution >= 0.6 is 0 Å². The number of ether oxygens (including phenoxy) is 1. The summed E-state index contributed by atoms with van der Waals surface area (Å²) in [6, 6.07) is 0.343. The van der Waals surface area contributed by atoms with Crippen LogP contribution in [-0.4, -0.2) is 25.2 Å². The molecule has 0 aromatic rings. The highest BCUT2D eigenvalue weighted by molar-refractivity contribution is 5.75. The van der Waals surface area contributed by atoms with Gasteiger partial charge in [-0.25, -0.2) is 0 Å². The Hall–Kier alpha value is -0.570. The Kier molecular flexibility index (Phi) is 5.26. The van der Waals surface area contributed by atoms with E-state index in [2.05, 4.69) is 19.2 Å². The van der Waals surface area contributed by atoms with Crippen LogP contribution in [0, 0.1) is 11.8 Å². The topological polar surface area (TPSA) is 38.3 Å². The Bertz CT molecular complexity index is 220. The van der Waals surface area contributed by atoms with Gasteiger partial charge in [0, 0.05) is 6.04 Å². The summed E-state index contributed by atoms with van der Waals surface area (Å²) in [7, 11) is 1.46. The zero-order valence-corrected chi connectivity index (χ0v) is 11.0. The Morgan fingerprint density at radius 2 is 1.88 bits per heavy atom. The second kappa shape index (κ2) is 6.24. The normalized spacial score (nSPS) is 32.1. The van der Waals surface area contributed by atoms with Crippen LogP contribution in [0.2, 0.25) is 0 Å².